The lowest BCUT2D eigenvalue weighted by atomic mass is 9.98. The lowest BCUT2D eigenvalue weighted by molar-refractivity contribution is -0.274. The Hall–Kier alpha value is -4.08. The molecule has 4 rings (SSSR count). The van der Waals surface area contributed by atoms with Crippen molar-refractivity contribution >= 4 is 16.9 Å². The molecule has 7 nitrogen and oxygen atoms in total. The van der Waals surface area contributed by atoms with Gasteiger partial charge < -0.3 is 19.4 Å². The normalized spacial score (nSPS) is 11.7. The van der Waals surface area contributed by atoms with E-state index >= 15 is 0 Å². The van der Waals surface area contributed by atoms with E-state index in [9.17, 15) is 18.0 Å². The summed E-state index contributed by atoms with van der Waals surface area (Å²) in [5.41, 5.74) is 3.11. The molecule has 0 aliphatic carbocycles. The predicted octanol–water partition coefficient (Wildman–Crippen LogP) is 5.73. The molecule has 0 saturated carbocycles. The molecular weight excluding hydrogens is 473 g/mol. The molecule has 0 bridgehead atoms. The van der Waals surface area contributed by atoms with Gasteiger partial charge in [0.25, 0.3) is 5.91 Å². The molecule has 36 heavy (non-hydrogen) atoms. The number of hydrogen-bond acceptors (Lipinski definition) is 5. The maximum atomic E-state index is 12.8. The van der Waals surface area contributed by atoms with Crippen molar-refractivity contribution in [3.8, 4) is 17.2 Å². The first-order chi connectivity index (χ1) is 17.0. The Bertz CT molecular complexity index is 1410. The van der Waals surface area contributed by atoms with Crippen LogP contribution in [0.5, 0.6) is 17.2 Å². The first-order valence-corrected chi connectivity index (χ1v) is 11.2. The number of carbonyl (C=O) groups is 1. The Morgan fingerprint density at radius 1 is 1.08 bits per heavy atom. The van der Waals surface area contributed by atoms with Crippen LogP contribution in [0.25, 0.3) is 11.0 Å². The van der Waals surface area contributed by atoms with E-state index in [0.29, 0.717) is 29.0 Å². The van der Waals surface area contributed by atoms with Crippen LogP contribution in [0.1, 0.15) is 47.2 Å². The van der Waals surface area contributed by atoms with E-state index in [1.165, 1.54) is 19.3 Å². The van der Waals surface area contributed by atoms with Crippen LogP contribution in [0.4, 0.5) is 13.2 Å². The molecule has 1 amide bonds. The van der Waals surface area contributed by atoms with Gasteiger partial charge in [-0.05, 0) is 41.3 Å². The van der Waals surface area contributed by atoms with Crippen molar-refractivity contribution in [3.63, 3.8) is 0 Å². The minimum absolute atomic E-state index is 0.153. The molecule has 0 aliphatic heterocycles. The highest BCUT2D eigenvalue weighted by Gasteiger charge is 2.32. The molecule has 0 radical (unpaired) electrons. The van der Waals surface area contributed by atoms with E-state index in [2.05, 4.69) is 15.0 Å². The maximum Gasteiger partial charge on any atom is 0.573 e. The van der Waals surface area contributed by atoms with Crippen LogP contribution in [-0.2, 0) is 13.5 Å². The third-order valence-electron chi connectivity index (χ3n) is 5.66. The van der Waals surface area contributed by atoms with Gasteiger partial charge in [-0.1, -0.05) is 26.0 Å². The molecule has 0 unspecified atom stereocenters. The number of ether oxygens (including phenoxy) is 2. The molecule has 10 heteroatoms. The van der Waals surface area contributed by atoms with Gasteiger partial charge in [0.2, 0.25) is 0 Å². The Labute approximate surface area is 205 Å². The van der Waals surface area contributed by atoms with Crippen molar-refractivity contribution in [2.75, 3.05) is 7.05 Å². The second-order valence-electron chi connectivity index (χ2n) is 8.55. The molecule has 2 aromatic heterocycles. The molecule has 1 N–H and O–H groups in total. The number of carbonyl (C=O) groups excluding carboxylic acids is 1. The summed E-state index contributed by atoms with van der Waals surface area (Å²) in [6, 6.07) is 13.4. The standard InChI is InChI=1S/C26H25F3N4O3/c1-15(2)19-11-16(5-8-23(19)36-26(27,28)29)12-24-32-20-13-17(6-7-22(20)33(24)4)35-18-9-10-31-21(14-18)25(34)30-3/h5-11,13-15H,12H2,1-4H3,(H,30,34). The lowest BCUT2D eigenvalue weighted by Crippen LogP contribution is -2.18. The average Bonchev–Trinajstić information content (AvgIpc) is 3.13. The molecule has 2 aromatic carbocycles. The molecule has 0 atom stereocenters. The summed E-state index contributed by atoms with van der Waals surface area (Å²) in [4.78, 5) is 20.6. The number of alkyl halides is 3. The molecule has 0 aliphatic rings. The number of nitrogens with zero attached hydrogens (tertiary/aromatic N) is 3. The van der Waals surface area contributed by atoms with E-state index in [1.807, 2.05) is 31.5 Å². The third kappa shape index (κ3) is 5.59. The van der Waals surface area contributed by atoms with Gasteiger partial charge in [0, 0.05) is 38.8 Å². The van der Waals surface area contributed by atoms with Crippen molar-refractivity contribution in [3.05, 3.63) is 77.4 Å². The van der Waals surface area contributed by atoms with E-state index in [0.717, 1.165) is 16.9 Å². The zero-order valence-corrected chi connectivity index (χ0v) is 20.2. The number of pyridine rings is 1. The number of aromatic nitrogens is 3. The number of amides is 1. The number of imidazole rings is 1. The highest BCUT2D eigenvalue weighted by molar-refractivity contribution is 5.92. The fourth-order valence-corrected chi connectivity index (χ4v) is 3.87. The molecule has 188 valence electrons. The number of fused-ring (bicyclic) bond motifs is 1. The highest BCUT2D eigenvalue weighted by atomic mass is 19.4. The van der Waals surface area contributed by atoms with Crippen LogP contribution in [0.2, 0.25) is 0 Å². The largest absolute Gasteiger partial charge is 0.573 e. The zero-order chi connectivity index (χ0) is 26.0. The van der Waals surface area contributed by atoms with Gasteiger partial charge in [0.15, 0.2) is 0 Å². The van der Waals surface area contributed by atoms with E-state index in [1.54, 1.807) is 36.4 Å². The number of halogens is 3. The Kier molecular flexibility index (Phi) is 6.87. The first-order valence-electron chi connectivity index (χ1n) is 11.2. The van der Waals surface area contributed by atoms with Crippen LogP contribution >= 0.6 is 0 Å². The lowest BCUT2D eigenvalue weighted by Gasteiger charge is -2.16. The quantitative estimate of drug-likeness (QED) is 0.352. The monoisotopic (exact) mass is 498 g/mol. The summed E-state index contributed by atoms with van der Waals surface area (Å²) in [6.07, 6.45) is -2.83. The molecule has 0 fully saturated rings. The molecule has 0 saturated heterocycles. The summed E-state index contributed by atoms with van der Waals surface area (Å²) in [5, 5.41) is 2.52. The zero-order valence-electron chi connectivity index (χ0n) is 20.2. The van der Waals surface area contributed by atoms with Gasteiger partial charge in [-0.25, -0.2) is 4.98 Å². The molecule has 2 heterocycles. The van der Waals surface area contributed by atoms with Gasteiger partial charge in [0.05, 0.1) is 11.0 Å². The number of benzene rings is 2. The molecular formula is C26H25F3N4O3. The molecule has 4 aromatic rings. The van der Waals surface area contributed by atoms with Crippen LogP contribution < -0.4 is 14.8 Å². The second-order valence-corrected chi connectivity index (χ2v) is 8.55. The van der Waals surface area contributed by atoms with Crippen molar-refractivity contribution in [1.82, 2.24) is 19.9 Å². The summed E-state index contributed by atoms with van der Waals surface area (Å²) in [6.45, 7) is 3.64. The Morgan fingerprint density at radius 2 is 1.83 bits per heavy atom. The topological polar surface area (TPSA) is 78.3 Å². The Morgan fingerprint density at radius 3 is 2.53 bits per heavy atom. The smallest absolute Gasteiger partial charge is 0.457 e. The summed E-state index contributed by atoms with van der Waals surface area (Å²) in [5.74, 6) is 1.08. The minimum atomic E-state index is -4.75. The van der Waals surface area contributed by atoms with Crippen molar-refractivity contribution in [2.24, 2.45) is 7.05 Å². The summed E-state index contributed by atoms with van der Waals surface area (Å²) >= 11 is 0. The highest BCUT2D eigenvalue weighted by Crippen LogP contribution is 2.33. The summed E-state index contributed by atoms with van der Waals surface area (Å²) in [7, 11) is 3.41. The van der Waals surface area contributed by atoms with Crippen LogP contribution in [0, 0.1) is 0 Å². The van der Waals surface area contributed by atoms with Crippen molar-refractivity contribution in [1.29, 1.82) is 0 Å². The van der Waals surface area contributed by atoms with Gasteiger partial charge >= 0.3 is 6.36 Å². The van der Waals surface area contributed by atoms with Gasteiger partial charge in [-0.3, -0.25) is 9.78 Å². The fraction of sp³-hybridized carbons (Fsp3) is 0.269. The van der Waals surface area contributed by atoms with Crippen molar-refractivity contribution in [2.45, 2.75) is 32.5 Å². The van der Waals surface area contributed by atoms with Crippen LogP contribution in [-0.4, -0.2) is 33.9 Å². The van der Waals surface area contributed by atoms with Gasteiger partial charge in [0.1, 0.15) is 28.8 Å². The number of rotatable bonds is 7. The maximum absolute atomic E-state index is 12.8. The molecule has 0 spiro atoms. The van der Waals surface area contributed by atoms with Crippen molar-refractivity contribution < 1.29 is 27.4 Å². The number of hydrogen-bond donors (Lipinski definition) is 1. The number of aryl methyl sites for hydroxylation is 1. The summed E-state index contributed by atoms with van der Waals surface area (Å²) < 4.78 is 50.4. The average molecular weight is 499 g/mol. The van der Waals surface area contributed by atoms with Crippen LogP contribution in [0.15, 0.2) is 54.7 Å². The van der Waals surface area contributed by atoms with E-state index in [-0.39, 0.29) is 23.3 Å². The third-order valence-corrected chi connectivity index (χ3v) is 5.66. The first kappa shape index (κ1) is 25.0. The minimum Gasteiger partial charge on any atom is -0.457 e. The van der Waals surface area contributed by atoms with E-state index < -0.39 is 6.36 Å². The predicted molar refractivity (Wildman–Crippen MR) is 128 cm³/mol. The second kappa shape index (κ2) is 9.88. The Balaban J connectivity index is 1.59. The fourth-order valence-electron chi connectivity index (χ4n) is 3.87. The van der Waals surface area contributed by atoms with Gasteiger partial charge in [-0.15, -0.1) is 13.2 Å². The number of nitrogens with one attached hydrogen (secondary N) is 1. The van der Waals surface area contributed by atoms with Crippen LogP contribution in [0.3, 0.4) is 0 Å². The van der Waals surface area contributed by atoms with E-state index in [4.69, 9.17) is 9.72 Å². The van der Waals surface area contributed by atoms with Gasteiger partial charge in [-0.2, -0.15) is 0 Å². The SMILES string of the molecule is CNC(=O)c1cc(Oc2ccc3c(c2)nc(Cc2ccc(OC(F)(F)F)c(C(C)C)c2)n3C)ccn1.